The van der Waals surface area contributed by atoms with Gasteiger partial charge in [-0.2, -0.15) is 5.11 Å². The maximum absolute atomic E-state index is 12.4. The summed E-state index contributed by atoms with van der Waals surface area (Å²) in [5.74, 6) is 1.83. The predicted octanol–water partition coefficient (Wildman–Crippen LogP) is 10.4. The maximum atomic E-state index is 12.4. The predicted molar refractivity (Wildman–Crippen MR) is 244 cm³/mol. The fourth-order valence-electron chi connectivity index (χ4n) is 8.40. The monoisotopic (exact) mass is 908 g/mol. The van der Waals surface area contributed by atoms with E-state index in [-0.39, 0.29) is 39.6 Å². The summed E-state index contributed by atoms with van der Waals surface area (Å²) in [5.41, 5.74) is 1.84. The number of nitrogens with zero attached hydrogens (tertiary/aromatic N) is 3. The van der Waals surface area contributed by atoms with Crippen LogP contribution in [0.25, 0.3) is 10.8 Å². The van der Waals surface area contributed by atoms with Gasteiger partial charge in [0.1, 0.15) is 44.9 Å². The van der Waals surface area contributed by atoms with E-state index in [2.05, 4.69) is 50.3 Å². The number of aryl methyl sites for hydroxylation is 3. The van der Waals surface area contributed by atoms with Gasteiger partial charge in [0.05, 0.1) is 48.6 Å². The molecule has 1 aliphatic rings. The molecule has 5 rings (SSSR count). The molecule has 15 heteroatoms. The molecule has 0 aromatic heterocycles. The van der Waals surface area contributed by atoms with E-state index >= 15 is 0 Å². The van der Waals surface area contributed by atoms with Gasteiger partial charge in [0.15, 0.2) is 5.75 Å². The first-order chi connectivity index (χ1) is 29.7. The van der Waals surface area contributed by atoms with E-state index in [1.807, 2.05) is 19.1 Å². The molecule has 0 amide bonds. The molecule has 0 saturated carbocycles. The molecule has 13 nitrogen and oxygen atoms in total. The van der Waals surface area contributed by atoms with Crippen LogP contribution in [0.2, 0.25) is 0 Å². The molecule has 0 radical (unpaired) electrons. The van der Waals surface area contributed by atoms with E-state index in [9.17, 15) is 35.8 Å². The fraction of sp³-hybridized carbons (Fsp3) is 0.521. The molecular weight excluding hydrogens is 843 g/mol. The minimum Gasteiger partial charge on any atom is -0.744 e. The number of quaternary nitrogens is 1. The quantitative estimate of drug-likeness (QED) is 0.0276. The number of rotatable bonds is 21. The van der Waals surface area contributed by atoms with Crippen LogP contribution < -0.4 is 4.74 Å². The number of esters is 1. The Bertz CT molecular complexity index is 2380. The molecular formula is C48H66N3O10S2-. The number of carbonyl (C=O) groups excluding carboxylic acids is 1. The highest BCUT2D eigenvalue weighted by Crippen LogP contribution is 2.40. The second-order valence-corrected chi connectivity index (χ2v) is 20.2. The number of hydrogen-bond acceptors (Lipinski definition) is 12. The van der Waals surface area contributed by atoms with Gasteiger partial charge >= 0.3 is 5.97 Å². The number of hydrogen-bond donors (Lipinski definition) is 1. The Morgan fingerprint density at radius 3 is 2.00 bits per heavy atom. The minimum atomic E-state index is -4.87. The SMILES string of the molecule is CCCCCCCCCc1ccc(OCCOC(=O)C(C)CCC2C[N+](C)(C)CC2CC)cc1.Cc1cc(C)c(S(=O)(=O)[O-])cc1N=Nc1cc(S(=O)(=O)[O-])c2ccccc2c1O. The Balaban J connectivity index is 0.000000280. The molecule has 4 aromatic carbocycles. The molecule has 1 heterocycles. The van der Waals surface area contributed by atoms with E-state index in [0.29, 0.717) is 18.8 Å². The summed E-state index contributed by atoms with van der Waals surface area (Å²) in [4.78, 5) is 11.3. The lowest BCUT2D eigenvalue weighted by Gasteiger charge is -2.23. The number of likely N-dealkylation sites (tertiary alicyclic amines) is 1. The highest BCUT2D eigenvalue weighted by atomic mass is 32.2. The summed E-state index contributed by atoms with van der Waals surface area (Å²) in [6.45, 7) is 12.8. The smallest absolute Gasteiger partial charge is 0.308 e. The van der Waals surface area contributed by atoms with Crippen molar-refractivity contribution >= 4 is 48.4 Å². The summed E-state index contributed by atoms with van der Waals surface area (Å²) >= 11 is 0. The van der Waals surface area contributed by atoms with Gasteiger partial charge in [-0.25, -0.2) is 16.8 Å². The number of phenolic OH excluding ortho intramolecular Hbond substituents is 1. The van der Waals surface area contributed by atoms with Crippen molar-refractivity contribution in [2.75, 3.05) is 40.4 Å². The number of aromatic hydroxyl groups is 1. The zero-order valence-electron chi connectivity index (χ0n) is 38.0. The third-order valence-electron chi connectivity index (χ3n) is 11.9. The highest BCUT2D eigenvalue weighted by Gasteiger charge is 2.38. The van der Waals surface area contributed by atoms with Gasteiger partial charge in [0.2, 0.25) is 0 Å². The largest absolute Gasteiger partial charge is 0.744 e. The van der Waals surface area contributed by atoms with Crippen molar-refractivity contribution in [3.05, 3.63) is 83.4 Å². The molecule has 1 aliphatic heterocycles. The van der Waals surface area contributed by atoms with E-state index in [1.165, 1.54) is 101 Å². The Hall–Kier alpha value is -4.41. The third kappa shape index (κ3) is 15.7. The van der Waals surface area contributed by atoms with Crippen LogP contribution >= 0.6 is 0 Å². The molecule has 346 valence electrons. The number of unbranched alkanes of at least 4 members (excludes halogenated alkanes) is 6. The van der Waals surface area contributed by atoms with Crippen LogP contribution in [0, 0.1) is 31.6 Å². The summed E-state index contributed by atoms with van der Waals surface area (Å²) in [6.07, 6.45) is 13.8. The van der Waals surface area contributed by atoms with Gasteiger partial charge in [0.25, 0.3) is 0 Å². The molecule has 1 saturated heterocycles. The molecule has 1 N–H and O–H groups in total. The van der Waals surface area contributed by atoms with Crippen molar-refractivity contribution < 1.29 is 49.8 Å². The number of azo groups is 1. The van der Waals surface area contributed by atoms with E-state index in [4.69, 9.17) is 9.47 Å². The summed E-state index contributed by atoms with van der Waals surface area (Å²) < 4.78 is 81.4. The summed E-state index contributed by atoms with van der Waals surface area (Å²) in [7, 11) is -4.97. The Kier molecular flexibility index (Phi) is 19.1. The van der Waals surface area contributed by atoms with Crippen molar-refractivity contribution in [3.8, 4) is 11.5 Å². The zero-order valence-corrected chi connectivity index (χ0v) is 39.6. The van der Waals surface area contributed by atoms with Crippen LogP contribution in [0.5, 0.6) is 11.5 Å². The Labute approximate surface area is 375 Å². The van der Waals surface area contributed by atoms with Gasteiger partial charge in [-0.15, -0.1) is 5.11 Å². The van der Waals surface area contributed by atoms with Crippen molar-refractivity contribution in [3.63, 3.8) is 0 Å². The number of fused-ring (bicyclic) bond motifs is 1. The molecule has 63 heavy (non-hydrogen) atoms. The van der Waals surface area contributed by atoms with E-state index in [0.717, 1.165) is 53.5 Å². The van der Waals surface area contributed by atoms with Crippen LogP contribution in [-0.2, 0) is 36.2 Å². The first kappa shape index (κ1) is 51.2. The second-order valence-electron chi connectivity index (χ2n) is 17.5. The first-order valence-corrected chi connectivity index (χ1v) is 25.0. The van der Waals surface area contributed by atoms with Crippen LogP contribution in [0.15, 0.2) is 86.7 Å². The number of ether oxygens (including phenoxy) is 2. The lowest BCUT2D eigenvalue weighted by atomic mass is 9.87. The third-order valence-corrected chi connectivity index (χ3v) is 13.7. The van der Waals surface area contributed by atoms with Crippen LogP contribution in [0.4, 0.5) is 11.4 Å². The molecule has 3 atom stereocenters. The van der Waals surface area contributed by atoms with Crippen LogP contribution in [0.3, 0.4) is 0 Å². The standard InChI is InChI=1S/C30H52NO3.C18H16N2O7S2/c1-6-8-9-10-11-12-13-14-26-16-19-29(20-17-26)33-21-22-34-30(32)25(3)15-18-28-24-31(4,5)23-27(28)7-2;1-10-7-11(2)16(28(22,23)24)8-14(10)19-20-15-9-17(29(25,26)27)12-5-3-4-6-13(12)18(15)21/h16-17,19-20,25,27-28H,6-15,18,21-24H2,1-5H3;3-9,21H,1-2H3,(H,22,23,24)(H,25,26,27)/q+1;/p-2. The fourth-order valence-corrected chi connectivity index (χ4v) is 9.81. The van der Waals surface area contributed by atoms with Crippen molar-refractivity contribution in [2.24, 2.45) is 28.0 Å². The molecule has 0 spiro atoms. The van der Waals surface area contributed by atoms with Crippen LogP contribution in [0.1, 0.15) is 102 Å². The first-order valence-electron chi connectivity index (χ1n) is 22.1. The zero-order chi connectivity index (χ0) is 46.4. The highest BCUT2D eigenvalue weighted by molar-refractivity contribution is 7.86. The molecule has 1 fully saturated rings. The van der Waals surface area contributed by atoms with Crippen molar-refractivity contribution in [1.82, 2.24) is 0 Å². The maximum Gasteiger partial charge on any atom is 0.308 e. The topological polar surface area (TPSA) is 195 Å². The van der Waals surface area contributed by atoms with Gasteiger partial charge < -0.3 is 28.2 Å². The van der Waals surface area contributed by atoms with Gasteiger partial charge in [-0.3, -0.25) is 4.79 Å². The minimum absolute atomic E-state index is 0.0316. The number of carbonyl (C=O) groups is 1. The van der Waals surface area contributed by atoms with Crippen LogP contribution in [-0.4, -0.2) is 81.9 Å². The normalized spacial score (nSPS) is 16.8. The van der Waals surface area contributed by atoms with Gasteiger partial charge in [-0.1, -0.05) is 102 Å². The molecule has 0 aliphatic carbocycles. The van der Waals surface area contributed by atoms with E-state index < -0.39 is 35.8 Å². The average Bonchev–Trinajstić information content (AvgIpc) is 3.54. The summed E-state index contributed by atoms with van der Waals surface area (Å²) in [5, 5.41) is 18.2. The van der Waals surface area contributed by atoms with Gasteiger partial charge in [0, 0.05) is 22.6 Å². The second kappa shape index (κ2) is 23.5. The Morgan fingerprint density at radius 1 is 0.778 bits per heavy atom. The van der Waals surface area contributed by atoms with E-state index in [1.54, 1.807) is 13.0 Å². The van der Waals surface area contributed by atoms with Crippen molar-refractivity contribution in [2.45, 2.75) is 115 Å². The Morgan fingerprint density at radius 2 is 1.37 bits per heavy atom. The van der Waals surface area contributed by atoms with Gasteiger partial charge in [-0.05, 0) is 86.9 Å². The lowest BCUT2D eigenvalue weighted by molar-refractivity contribution is -0.880. The molecule has 3 unspecified atom stereocenters. The number of phenols is 1. The molecule has 4 aromatic rings. The lowest BCUT2D eigenvalue weighted by Crippen LogP contribution is -2.37. The summed E-state index contributed by atoms with van der Waals surface area (Å²) in [6, 6.07) is 17.6. The number of benzene rings is 4. The van der Waals surface area contributed by atoms with Crippen molar-refractivity contribution in [1.29, 1.82) is 0 Å². The average molecular weight is 909 g/mol. The molecule has 0 bridgehead atoms.